The first kappa shape index (κ1) is 20.0. The van der Waals surface area contributed by atoms with Crippen molar-refractivity contribution in [3.05, 3.63) is 15.6 Å². The Morgan fingerprint density at radius 1 is 1.50 bits per heavy atom. The first-order valence-electron chi connectivity index (χ1n) is 5.43. The molecule has 1 amide bonds. The molecule has 1 atom stereocenters. The molecule has 0 bridgehead atoms. The average molecular weight is 314 g/mol. The lowest BCUT2D eigenvalue weighted by atomic mass is 10.2. The van der Waals surface area contributed by atoms with Crippen LogP contribution in [0.2, 0.25) is 0 Å². The van der Waals surface area contributed by atoms with Crippen molar-refractivity contribution < 1.29 is 4.79 Å². The number of likely N-dealkylation sites (N-methyl/N-ethyl adjacent to an activating group) is 1. The van der Waals surface area contributed by atoms with Crippen LogP contribution in [-0.2, 0) is 11.2 Å². The highest BCUT2D eigenvalue weighted by atomic mass is 35.5. The summed E-state index contributed by atoms with van der Waals surface area (Å²) in [5.41, 5.74) is 6.37. The Bertz CT molecular complexity index is 384. The second kappa shape index (κ2) is 8.69. The lowest BCUT2D eigenvalue weighted by molar-refractivity contribution is -0.130. The molecule has 0 radical (unpaired) electrons. The van der Waals surface area contributed by atoms with Gasteiger partial charge in [0.1, 0.15) is 0 Å². The molecule has 1 unspecified atom stereocenters. The number of carbonyl (C=O) groups is 1. The molecular weight excluding hydrogens is 293 g/mol. The van der Waals surface area contributed by atoms with E-state index >= 15 is 0 Å². The Balaban J connectivity index is 0. The van der Waals surface area contributed by atoms with Gasteiger partial charge in [0.05, 0.1) is 23.3 Å². The van der Waals surface area contributed by atoms with Gasteiger partial charge in [-0.25, -0.2) is 4.98 Å². The topological polar surface area (TPSA) is 59.2 Å². The molecule has 0 saturated heterocycles. The summed E-state index contributed by atoms with van der Waals surface area (Å²) in [7, 11) is 1.78. The number of hydrogen-bond donors (Lipinski definition) is 1. The van der Waals surface area contributed by atoms with Gasteiger partial charge in [0.25, 0.3) is 0 Å². The Morgan fingerprint density at radius 2 is 2.06 bits per heavy atom. The molecular formula is C11H21Cl2N3OS. The summed E-state index contributed by atoms with van der Waals surface area (Å²) in [6, 6.07) is 0.0499. The van der Waals surface area contributed by atoms with Gasteiger partial charge in [0, 0.05) is 11.9 Å². The number of hydrogen-bond acceptors (Lipinski definition) is 4. The Morgan fingerprint density at radius 3 is 2.44 bits per heavy atom. The van der Waals surface area contributed by atoms with Crippen LogP contribution in [0.1, 0.15) is 35.5 Å². The summed E-state index contributed by atoms with van der Waals surface area (Å²) in [5, 5.41) is 1.12. The highest BCUT2D eigenvalue weighted by Crippen LogP contribution is 2.28. The summed E-state index contributed by atoms with van der Waals surface area (Å²) in [6.07, 6.45) is 0.937. The second-order valence-electron chi connectivity index (χ2n) is 3.80. The molecule has 0 aliphatic rings. The Hall–Kier alpha value is -0.360. The van der Waals surface area contributed by atoms with Crippen molar-refractivity contribution >= 4 is 42.1 Å². The standard InChI is InChI=1S/C11H19N3OS.2ClH/c1-5-9-13-7(2)11(16-9)8(3)14(4)10(15)6-12;;/h8H,5-6,12H2,1-4H3;2*1H. The molecule has 2 N–H and O–H groups in total. The van der Waals surface area contributed by atoms with E-state index in [-0.39, 0.29) is 43.3 Å². The number of aromatic nitrogens is 1. The van der Waals surface area contributed by atoms with E-state index in [9.17, 15) is 4.79 Å². The molecule has 18 heavy (non-hydrogen) atoms. The minimum absolute atomic E-state index is 0. The number of rotatable bonds is 4. The first-order chi connectivity index (χ1) is 7.51. The van der Waals surface area contributed by atoms with Gasteiger partial charge >= 0.3 is 0 Å². The molecule has 0 aliphatic heterocycles. The quantitative estimate of drug-likeness (QED) is 0.928. The van der Waals surface area contributed by atoms with Crippen LogP contribution in [0.25, 0.3) is 0 Å². The number of halogens is 2. The lowest BCUT2D eigenvalue weighted by Gasteiger charge is -2.23. The minimum atomic E-state index is -0.0432. The van der Waals surface area contributed by atoms with Crippen molar-refractivity contribution in [2.24, 2.45) is 5.73 Å². The smallest absolute Gasteiger partial charge is 0.236 e. The lowest BCUT2D eigenvalue weighted by Crippen LogP contribution is -2.34. The maximum absolute atomic E-state index is 11.5. The third-order valence-corrected chi connectivity index (χ3v) is 4.18. The number of amides is 1. The van der Waals surface area contributed by atoms with E-state index < -0.39 is 0 Å². The predicted molar refractivity (Wildman–Crippen MR) is 81.0 cm³/mol. The number of nitrogens with two attached hydrogens (primary N) is 1. The fourth-order valence-corrected chi connectivity index (χ4v) is 2.64. The second-order valence-corrected chi connectivity index (χ2v) is 4.91. The van der Waals surface area contributed by atoms with E-state index in [4.69, 9.17) is 5.73 Å². The van der Waals surface area contributed by atoms with Crippen LogP contribution in [0.3, 0.4) is 0 Å². The summed E-state index contributed by atoms with van der Waals surface area (Å²) in [4.78, 5) is 18.8. The highest BCUT2D eigenvalue weighted by Gasteiger charge is 2.20. The summed E-state index contributed by atoms with van der Waals surface area (Å²) >= 11 is 1.68. The van der Waals surface area contributed by atoms with E-state index in [1.807, 2.05) is 13.8 Å². The van der Waals surface area contributed by atoms with Crippen LogP contribution in [-0.4, -0.2) is 29.4 Å². The van der Waals surface area contributed by atoms with Gasteiger partial charge in [-0.15, -0.1) is 36.2 Å². The summed E-state index contributed by atoms with van der Waals surface area (Å²) in [5.74, 6) is -0.0432. The largest absolute Gasteiger partial charge is 0.337 e. The van der Waals surface area contributed by atoms with Crippen LogP contribution in [0.15, 0.2) is 0 Å². The van der Waals surface area contributed by atoms with Gasteiger partial charge < -0.3 is 10.6 Å². The molecule has 1 aromatic heterocycles. The summed E-state index contributed by atoms with van der Waals surface area (Å²) in [6.45, 7) is 6.14. The van der Waals surface area contributed by atoms with Crippen LogP contribution in [0.5, 0.6) is 0 Å². The van der Waals surface area contributed by atoms with Crippen LogP contribution < -0.4 is 5.73 Å². The predicted octanol–water partition coefficient (Wildman–Crippen LogP) is 2.34. The zero-order valence-corrected chi connectivity index (χ0v) is 13.5. The third kappa shape index (κ3) is 4.39. The molecule has 1 heterocycles. The van der Waals surface area contributed by atoms with Gasteiger partial charge in [-0.3, -0.25) is 4.79 Å². The van der Waals surface area contributed by atoms with Crippen molar-refractivity contribution in [2.45, 2.75) is 33.2 Å². The molecule has 4 nitrogen and oxygen atoms in total. The molecule has 1 aromatic rings. The fraction of sp³-hybridized carbons (Fsp3) is 0.636. The van der Waals surface area contributed by atoms with Crippen molar-refractivity contribution in [1.82, 2.24) is 9.88 Å². The van der Waals surface area contributed by atoms with Gasteiger partial charge in [-0.1, -0.05) is 6.92 Å². The zero-order valence-electron chi connectivity index (χ0n) is 11.1. The van der Waals surface area contributed by atoms with Gasteiger partial charge in [-0.2, -0.15) is 0 Å². The van der Waals surface area contributed by atoms with Crippen molar-refractivity contribution in [1.29, 1.82) is 0 Å². The minimum Gasteiger partial charge on any atom is -0.337 e. The van der Waals surface area contributed by atoms with E-state index in [1.165, 1.54) is 0 Å². The van der Waals surface area contributed by atoms with Gasteiger partial charge in [0.2, 0.25) is 5.91 Å². The zero-order chi connectivity index (χ0) is 12.3. The fourth-order valence-electron chi connectivity index (χ4n) is 1.54. The molecule has 0 fully saturated rings. The number of nitrogens with zero attached hydrogens (tertiary/aromatic N) is 2. The SMILES string of the molecule is CCc1nc(C)c(C(C)N(C)C(=O)CN)s1.Cl.Cl. The maximum Gasteiger partial charge on any atom is 0.236 e. The van der Waals surface area contributed by atoms with Crippen LogP contribution in [0.4, 0.5) is 0 Å². The molecule has 0 spiro atoms. The first-order valence-corrected chi connectivity index (χ1v) is 6.24. The van der Waals surface area contributed by atoms with Crippen LogP contribution >= 0.6 is 36.2 Å². The average Bonchev–Trinajstić information content (AvgIpc) is 2.67. The van der Waals surface area contributed by atoms with Gasteiger partial charge in [0.15, 0.2) is 0 Å². The Labute approximate surface area is 125 Å². The molecule has 106 valence electrons. The van der Waals surface area contributed by atoms with E-state index in [1.54, 1.807) is 23.3 Å². The molecule has 0 aliphatic carbocycles. The van der Waals surface area contributed by atoms with Crippen molar-refractivity contribution in [3.8, 4) is 0 Å². The molecule has 7 heteroatoms. The molecule has 0 aromatic carbocycles. The molecule has 0 saturated carbocycles. The maximum atomic E-state index is 11.5. The van der Waals surface area contributed by atoms with Gasteiger partial charge in [-0.05, 0) is 20.3 Å². The van der Waals surface area contributed by atoms with E-state index in [0.29, 0.717) is 0 Å². The monoisotopic (exact) mass is 313 g/mol. The number of carbonyl (C=O) groups excluding carboxylic acids is 1. The molecule has 1 rings (SSSR count). The van der Waals surface area contributed by atoms with Crippen molar-refractivity contribution in [2.75, 3.05) is 13.6 Å². The summed E-state index contributed by atoms with van der Waals surface area (Å²) < 4.78 is 0. The Kier molecular flexibility index (Phi) is 9.64. The van der Waals surface area contributed by atoms with Crippen molar-refractivity contribution in [3.63, 3.8) is 0 Å². The van der Waals surface area contributed by atoms with E-state index in [0.717, 1.165) is 22.0 Å². The number of aryl methyl sites for hydroxylation is 2. The van der Waals surface area contributed by atoms with E-state index in [2.05, 4.69) is 11.9 Å². The highest BCUT2D eigenvalue weighted by molar-refractivity contribution is 7.11. The number of thiazole rings is 1. The van der Waals surface area contributed by atoms with Crippen LogP contribution in [0, 0.1) is 6.92 Å². The third-order valence-electron chi connectivity index (χ3n) is 2.71. The normalized spacial score (nSPS) is 11.2.